The van der Waals surface area contributed by atoms with Crippen molar-refractivity contribution in [1.29, 1.82) is 0 Å². The minimum Gasteiger partial charge on any atom is -0.316 e. The fourth-order valence-electron chi connectivity index (χ4n) is 1.40. The molecule has 0 radical (unpaired) electrons. The van der Waals surface area contributed by atoms with E-state index in [1.165, 1.54) is 30.6 Å². The average Bonchev–Trinajstić information content (AvgIpc) is 2.07. The summed E-state index contributed by atoms with van der Waals surface area (Å²) in [7, 11) is 1.98. The van der Waals surface area contributed by atoms with E-state index in [0.29, 0.717) is 0 Å². The van der Waals surface area contributed by atoms with Gasteiger partial charge in [0, 0.05) is 11.8 Å². The summed E-state index contributed by atoms with van der Waals surface area (Å²) in [5.41, 5.74) is 1.37. The van der Waals surface area contributed by atoms with Crippen molar-refractivity contribution < 1.29 is 0 Å². The molecule has 1 nitrogen and oxygen atoms in total. The van der Waals surface area contributed by atoms with E-state index in [2.05, 4.69) is 23.7 Å². The molecule has 1 N–H and O–H groups in total. The maximum atomic E-state index is 4.08. The fraction of sp³-hybridized carbons (Fsp3) is 0.778. The highest BCUT2D eigenvalue weighted by molar-refractivity contribution is 8.00. The largest absolute Gasteiger partial charge is 0.316 e. The van der Waals surface area contributed by atoms with Crippen LogP contribution in [0.15, 0.2) is 12.2 Å². The van der Waals surface area contributed by atoms with Crippen LogP contribution in [-0.4, -0.2) is 24.6 Å². The monoisotopic (exact) mass is 171 g/mol. The molecule has 1 aliphatic rings. The van der Waals surface area contributed by atoms with E-state index < -0.39 is 0 Å². The maximum Gasteiger partial charge on any atom is 0.0266 e. The zero-order valence-corrected chi connectivity index (χ0v) is 8.04. The first-order valence-corrected chi connectivity index (χ1v) is 5.33. The standard InChI is InChI=1S/C9H17NS/c1-8(7-10-2)9-5-3-4-6-11-9/h9-10H,1,3-7H2,2H3. The van der Waals surface area contributed by atoms with Gasteiger partial charge in [0.15, 0.2) is 0 Å². The molecule has 1 rings (SSSR count). The predicted molar refractivity (Wildman–Crippen MR) is 53.2 cm³/mol. The van der Waals surface area contributed by atoms with Crippen molar-refractivity contribution in [2.24, 2.45) is 0 Å². The third kappa shape index (κ3) is 2.88. The summed E-state index contributed by atoms with van der Waals surface area (Å²) in [6.07, 6.45) is 4.12. The topological polar surface area (TPSA) is 12.0 Å². The fourth-order valence-corrected chi connectivity index (χ4v) is 2.71. The van der Waals surface area contributed by atoms with Gasteiger partial charge in [0.1, 0.15) is 0 Å². The molecule has 64 valence electrons. The molecule has 2 heteroatoms. The molecule has 1 fully saturated rings. The summed E-state index contributed by atoms with van der Waals surface area (Å²) in [4.78, 5) is 0. The summed E-state index contributed by atoms with van der Waals surface area (Å²) in [6, 6.07) is 0. The van der Waals surface area contributed by atoms with Crippen molar-refractivity contribution in [3.63, 3.8) is 0 Å². The molecular formula is C9H17NS. The van der Waals surface area contributed by atoms with Gasteiger partial charge in [-0.1, -0.05) is 18.6 Å². The van der Waals surface area contributed by atoms with E-state index in [-0.39, 0.29) is 0 Å². The van der Waals surface area contributed by atoms with Crippen LogP contribution < -0.4 is 5.32 Å². The summed E-state index contributed by atoms with van der Waals surface area (Å²) < 4.78 is 0. The molecule has 0 aliphatic carbocycles. The smallest absolute Gasteiger partial charge is 0.0266 e. The second-order valence-electron chi connectivity index (χ2n) is 3.04. The lowest BCUT2D eigenvalue weighted by molar-refractivity contribution is 0.688. The number of hydrogen-bond donors (Lipinski definition) is 1. The van der Waals surface area contributed by atoms with Gasteiger partial charge in [-0.15, -0.1) is 0 Å². The molecule has 1 atom stereocenters. The Morgan fingerprint density at radius 3 is 3.00 bits per heavy atom. The maximum absolute atomic E-state index is 4.08. The van der Waals surface area contributed by atoms with Crippen molar-refractivity contribution in [3.05, 3.63) is 12.2 Å². The molecule has 11 heavy (non-hydrogen) atoms. The molecule has 0 saturated carbocycles. The van der Waals surface area contributed by atoms with Crippen LogP contribution >= 0.6 is 11.8 Å². The number of likely N-dealkylation sites (N-methyl/N-ethyl adjacent to an activating group) is 1. The zero-order valence-electron chi connectivity index (χ0n) is 7.23. The van der Waals surface area contributed by atoms with Gasteiger partial charge in [-0.05, 0) is 25.6 Å². The minimum absolute atomic E-state index is 0.733. The van der Waals surface area contributed by atoms with Crippen molar-refractivity contribution in [3.8, 4) is 0 Å². The number of thioether (sulfide) groups is 1. The van der Waals surface area contributed by atoms with Crippen LogP contribution in [0.25, 0.3) is 0 Å². The van der Waals surface area contributed by atoms with E-state index in [4.69, 9.17) is 0 Å². The normalized spacial score (nSPS) is 25.0. The van der Waals surface area contributed by atoms with Gasteiger partial charge in [0.2, 0.25) is 0 Å². The van der Waals surface area contributed by atoms with Crippen LogP contribution in [0, 0.1) is 0 Å². The zero-order chi connectivity index (χ0) is 8.10. The molecule has 0 aromatic heterocycles. The van der Waals surface area contributed by atoms with E-state index in [0.717, 1.165) is 11.8 Å². The number of nitrogens with one attached hydrogen (secondary N) is 1. The van der Waals surface area contributed by atoms with Gasteiger partial charge in [-0.25, -0.2) is 0 Å². The van der Waals surface area contributed by atoms with Crippen molar-refractivity contribution in [1.82, 2.24) is 5.32 Å². The Morgan fingerprint density at radius 2 is 2.45 bits per heavy atom. The summed E-state index contributed by atoms with van der Waals surface area (Å²) >= 11 is 2.07. The molecule has 1 saturated heterocycles. The second-order valence-corrected chi connectivity index (χ2v) is 4.35. The van der Waals surface area contributed by atoms with Gasteiger partial charge in [0.25, 0.3) is 0 Å². The quantitative estimate of drug-likeness (QED) is 0.652. The van der Waals surface area contributed by atoms with E-state index in [1.807, 2.05) is 7.05 Å². The van der Waals surface area contributed by atoms with Gasteiger partial charge in [-0.2, -0.15) is 11.8 Å². The highest BCUT2D eigenvalue weighted by atomic mass is 32.2. The van der Waals surface area contributed by atoms with Crippen LogP contribution in [-0.2, 0) is 0 Å². The molecule has 1 unspecified atom stereocenters. The molecule has 0 spiro atoms. The number of hydrogen-bond acceptors (Lipinski definition) is 2. The van der Waals surface area contributed by atoms with Crippen LogP contribution in [0.4, 0.5) is 0 Å². The Labute approximate surface area is 73.6 Å². The SMILES string of the molecule is C=C(CNC)C1CCCCS1. The Hall–Kier alpha value is 0.0500. The van der Waals surface area contributed by atoms with Crippen LogP contribution in [0.2, 0.25) is 0 Å². The average molecular weight is 171 g/mol. The van der Waals surface area contributed by atoms with Crippen molar-refractivity contribution >= 4 is 11.8 Å². The molecule has 1 aliphatic heterocycles. The van der Waals surface area contributed by atoms with E-state index in [9.17, 15) is 0 Å². The highest BCUT2D eigenvalue weighted by Gasteiger charge is 2.15. The molecule has 1 heterocycles. The van der Waals surface area contributed by atoms with Crippen LogP contribution in [0.5, 0.6) is 0 Å². The van der Waals surface area contributed by atoms with Gasteiger partial charge >= 0.3 is 0 Å². The first-order chi connectivity index (χ1) is 5.34. The predicted octanol–water partition coefficient (Wildman–Crippen LogP) is 2.05. The summed E-state index contributed by atoms with van der Waals surface area (Å²) in [5.74, 6) is 1.33. The second kappa shape index (κ2) is 4.83. The first-order valence-electron chi connectivity index (χ1n) is 4.28. The van der Waals surface area contributed by atoms with Crippen molar-refractivity contribution in [2.75, 3.05) is 19.3 Å². The Balaban J connectivity index is 2.27. The lowest BCUT2D eigenvalue weighted by Gasteiger charge is -2.23. The molecule has 0 aromatic rings. The summed E-state index contributed by atoms with van der Waals surface area (Å²) in [6.45, 7) is 5.07. The Bertz CT molecular complexity index is 128. The van der Waals surface area contributed by atoms with Crippen LogP contribution in [0.3, 0.4) is 0 Å². The Kier molecular flexibility index (Phi) is 4.02. The highest BCUT2D eigenvalue weighted by Crippen LogP contribution is 2.29. The molecular weight excluding hydrogens is 154 g/mol. The molecule has 0 bridgehead atoms. The van der Waals surface area contributed by atoms with Gasteiger partial charge in [0.05, 0.1) is 0 Å². The van der Waals surface area contributed by atoms with Gasteiger partial charge in [-0.3, -0.25) is 0 Å². The third-order valence-electron chi connectivity index (χ3n) is 2.04. The van der Waals surface area contributed by atoms with Crippen LogP contribution in [0.1, 0.15) is 19.3 Å². The molecule has 0 amide bonds. The van der Waals surface area contributed by atoms with E-state index in [1.54, 1.807) is 0 Å². The van der Waals surface area contributed by atoms with Crippen molar-refractivity contribution in [2.45, 2.75) is 24.5 Å². The molecule has 0 aromatic carbocycles. The lowest BCUT2D eigenvalue weighted by atomic mass is 10.1. The van der Waals surface area contributed by atoms with E-state index >= 15 is 0 Å². The number of rotatable bonds is 3. The Morgan fingerprint density at radius 1 is 1.64 bits per heavy atom. The lowest BCUT2D eigenvalue weighted by Crippen LogP contribution is -2.20. The van der Waals surface area contributed by atoms with Gasteiger partial charge < -0.3 is 5.32 Å². The minimum atomic E-state index is 0.733. The third-order valence-corrected chi connectivity index (χ3v) is 3.53. The first kappa shape index (κ1) is 9.14. The summed E-state index contributed by atoms with van der Waals surface area (Å²) in [5, 5.41) is 3.88.